The van der Waals surface area contributed by atoms with E-state index in [1.807, 2.05) is 24.3 Å². The Morgan fingerprint density at radius 3 is 2.56 bits per heavy atom. The van der Waals surface area contributed by atoms with E-state index in [0.29, 0.717) is 51.7 Å². The number of aromatic nitrogens is 5. The highest BCUT2D eigenvalue weighted by atomic mass is 16.3. The standard InChI is InChI=1S/C24H20N8O2/c1-14(23(33)27-18-6-3-2-5-17(18)25)16-10-8-15(9-11-16)13-32-22-21(30-31-32)20(28-24(26)29-22)19-7-4-12-34-19/h2-12H,1,13,25H2,(H,27,33)(H2,26,28,29). The number of nitrogens with zero attached hydrogens (tertiary/aromatic N) is 5. The Bertz CT molecular complexity index is 1500. The van der Waals surface area contributed by atoms with Crippen LogP contribution < -0.4 is 16.8 Å². The molecule has 0 bridgehead atoms. The molecule has 5 aromatic rings. The highest BCUT2D eigenvalue weighted by Gasteiger charge is 2.17. The molecule has 3 aromatic heterocycles. The summed E-state index contributed by atoms with van der Waals surface area (Å²) in [4.78, 5) is 21.1. The van der Waals surface area contributed by atoms with Gasteiger partial charge in [0, 0.05) is 5.57 Å². The number of hydrogen-bond acceptors (Lipinski definition) is 8. The van der Waals surface area contributed by atoms with E-state index in [0.717, 1.165) is 5.56 Å². The van der Waals surface area contributed by atoms with Crippen LogP contribution in [0.3, 0.4) is 0 Å². The number of para-hydroxylation sites is 2. The normalized spacial score (nSPS) is 10.9. The van der Waals surface area contributed by atoms with Crippen molar-refractivity contribution in [2.24, 2.45) is 0 Å². The summed E-state index contributed by atoms with van der Waals surface area (Å²) in [6, 6.07) is 18.0. The monoisotopic (exact) mass is 452 g/mol. The Hall–Kier alpha value is -4.99. The van der Waals surface area contributed by atoms with E-state index < -0.39 is 0 Å². The number of anilines is 3. The zero-order valence-corrected chi connectivity index (χ0v) is 18.0. The van der Waals surface area contributed by atoms with Gasteiger partial charge in [0.2, 0.25) is 5.95 Å². The van der Waals surface area contributed by atoms with Crippen LogP contribution in [-0.4, -0.2) is 30.9 Å². The fraction of sp³-hybridized carbons (Fsp3) is 0.0417. The minimum atomic E-state index is -0.328. The zero-order valence-electron chi connectivity index (χ0n) is 18.0. The summed E-state index contributed by atoms with van der Waals surface area (Å²) >= 11 is 0. The van der Waals surface area contributed by atoms with Crippen molar-refractivity contribution in [1.82, 2.24) is 25.0 Å². The van der Waals surface area contributed by atoms with E-state index in [2.05, 4.69) is 32.2 Å². The first kappa shape index (κ1) is 20.9. The number of carbonyl (C=O) groups excluding carboxylic acids is 1. The highest BCUT2D eigenvalue weighted by Crippen LogP contribution is 2.26. The van der Waals surface area contributed by atoms with Crippen LogP contribution in [0.15, 0.2) is 77.9 Å². The summed E-state index contributed by atoms with van der Waals surface area (Å²) in [7, 11) is 0. The molecule has 0 aliphatic rings. The first-order valence-electron chi connectivity index (χ1n) is 10.3. The molecule has 5 N–H and O–H groups in total. The third-order valence-corrected chi connectivity index (χ3v) is 5.25. The van der Waals surface area contributed by atoms with E-state index in [1.54, 1.807) is 47.3 Å². The average Bonchev–Trinajstić information content (AvgIpc) is 3.51. The summed E-state index contributed by atoms with van der Waals surface area (Å²) in [5, 5.41) is 11.2. The Kier molecular flexibility index (Phi) is 5.23. The third-order valence-electron chi connectivity index (χ3n) is 5.25. The van der Waals surface area contributed by atoms with Crippen LogP contribution >= 0.6 is 0 Å². The van der Waals surface area contributed by atoms with Gasteiger partial charge in [0.05, 0.1) is 24.2 Å². The highest BCUT2D eigenvalue weighted by molar-refractivity contribution is 6.25. The lowest BCUT2D eigenvalue weighted by Crippen LogP contribution is -2.14. The van der Waals surface area contributed by atoms with E-state index >= 15 is 0 Å². The lowest BCUT2D eigenvalue weighted by atomic mass is 10.0. The van der Waals surface area contributed by atoms with E-state index in [1.165, 1.54) is 0 Å². The number of furan rings is 1. The van der Waals surface area contributed by atoms with Crippen LogP contribution in [0.2, 0.25) is 0 Å². The minimum Gasteiger partial charge on any atom is -0.463 e. The molecule has 0 unspecified atom stereocenters. The molecule has 10 heteroatoms. The smallest absolute Gasteiger partial charge is 0.255 e. The van der Waals surface area contributed by atoms with Crippen molar-refractivity contribution in [3.8, 4) is 11.5 Å². The molecule has 0 aliphatic heterocycles. The number of benzene rings is 2. The van der Waals surface area contributed by atoms with Gasteiger partial charge in [0.25, 0.3) is 5.91 Å². The molecule has 1 amide bonds. The molecule has 0 fully saturated rings. The molecule has 0 saturated carbocycles. The van der Waals surface area contributed by atoms with Crippen LogP contribution in [0.25, 0.3) is 28.2 Å². The lowest BCUT2D eigenvalue weighted by Gasteiger charge is -2.10. The molecular formula is C24H20N8O2. The molecule has 34 heavy (non-hydrogen) atoms. The van der Waals surface area contributed by atoms with Crippen LogP contribution in [-0.2, 0) is 11.3 Å². The van der Waals surface area contributed by atoms with Gasteiger partial charge in [-0.25, -0.2) is 9.67 Å². The van der Waals surface area contributed by atoms with Gasteiger partial charge < -0.3 is 21.2 Å². The summed E-state index contributed by atoms with van der Waals surface area (Å²) < 4.78 is 7.07. The number of rotatable bonds is 6. The second kappa shape index (κ2) is 8.51. The van der Waals surface area contributed by atoms with Crippen molar-refractivity contribution in [1.29, 1.82) is 0 Å². The molecule has 10 nitrogen and oxygen atoms in total. The molecule has 5 rings (SSSR count). The van der Waals surface area contributed by atoms with Crippen LogP contribution in [0.4, 0.5) is 17.3 Å². The maximum absolute atomic E-state index is 12.6. The molecular weight excluding hydrogens is 432 g/mol. The average molecular weight is 452 g/mol. The summed E-state index contributed by atoms with van der Waals surface area (Å²) in [5.41, 5.74) is 16.2. The van der Waals surface area contributed by atoms with Gasteiger partial charge >= 0.3 is 0 Å². The van der Waals surface area contributed by atoms with Crippen molar-refractivity contribution in [3.05, 3.63) is 84.6 Å². The second-order valence-corrected chi connectivity index (χ2v) is 7.54. The Labute approximate surface area is 193 Å². The fourth-order valence-electron chi connectivity index (χ4n) is 3.49. The lowest BCUT2D eigenvalue weighted by molar-refractivity contribution is -0.111. The number of amides is 1. The topological polar surface area (TPSA) is 151 Å². The van der Waals surface area contributed by atoms with Crippen molar-refractivity contribution in [2.75, 3.05) is 16.8 Å². The summed E-state index contributed by atoms with van der Waals surface area (Å²) in [6.07, 6.45) is 1.55. The van der Waals surface area contributed by atoms with Crippen LogP contribution in [0, 0.1) is 0 Å². The molecule has 0 aliphatic carbocycles. The zero-order chi connectivity index (χ0) is 23.7. The molecule has 168 valence electrons. The quantitative estimate of drug-likeness (QED) is 0.262. The number of nitrogens with one attached hydrogen (secondary N) is 1. The van der Waals surface area contributed by atoms with Gasteiger partial charge in [-0.05, 0) is 35.4 Å². The van der Waals surface area contributed by atoms with Crippen molar-refractivity contribution < 1.29 is 9.21 Å². The van der Waals surface area contributed by atoms with Crippen molar-refractivity contribution in [3.63, 3.8) is 0 Å². The number of carbonyl (C=O) groups is 1. The van der Waals surface area contributed by atoms with E-state index in [9.17, 15) is 4.79 Å². The van der Waals surface area contributed by atoms with E-state index in [-0.39, 0.29) is 11.9 Å². The van der Waals surface area contributed by atoms with E-state index in [4.69, 9.17) is 15.9 Å². The van der Waals surface area contributed by atoms with Gasteiger partial charge in [-0.2, -0.15) is 4.98 Å². The van der Waals surface area contributed by atoms with Gasteiger partial charge in [0.1, 0.15) is 5.69 Å². The Morgan fingerprint density at radius 1 is 1.03 bits per heavy atom. The molecule has 0 atom stereocenters. The summed E-state index contributed by atoms with van der Waals surface area (Å²) in [5.74, 6) is 0.300. The van der Waals surface area contributed by atoms with Crippen molar-refractivity contribution in [2.45, 2.75) is 6.54 Å². The van der Waals surface area contributed by atoms with Crippen LogP contribution in [0.1, 0.15) is 11.1 Å². The third kappa shape index (κ3) is 3.95. The molecule has 2 aromatic carbocycles. The Morgan fingerprint density at radius 2 is 1.82 bits per heavy atom. The van der Waals surface area contributed by atoms with Gasteiger partial charge in [0.15, 0.2) is 16.9 Å². The predicted molar refractivity (Wildman–Crippen MR) is 129 cm³/mol. The predicted octanol–water partition coefficient (Wildman–Crippen LogP) is 3.35. The SMILES string of the molecule is C=C(C(=O)Nc1ccccc1N)c1ccc(Cn2nnc3c(-c4ccco4)nc(N)nc32)cc1. The maximum atomic E-state index is 12.6. The molecule has 0 radical (unpaired) electrons. The first-order valence-corrected chi connectivity index (χ1v) is 10.3. The van der Waals surface area contributed by atoms with Gasteiger partial charge in [-0.3, -0.25) is 4.79 Å². The number of nitrogen functional groups attached to an aromatic ring is 2. The molecule has 0 spiro atoms. The van der Waals surface area contributed by atoms with Crippen LogP contribution in [0.5, 0.6) is 0 Å². The Balaban J connectivity index is 1.35. The van der Waals surface area contributed by atoms with Gasteiger partial charge in [-0.15, -0.1) is 5.10 Å². The number of nitrogens with two attached hydrogens (primary N) is 2. The van der Waals surface area contributed by atoms with Gasteiger partial charge in [-0.1, -0.05) is 48.2 Å². The largest absolute Gasteiger partial charge is 0.463 e. The van der Waals surface area contributed by atoms with Crippen molar-refractivity contribution >= 4 is 40.0 Å². The first-order chi connectivity index (χ1) is 16.5. The molecule has 3 heterocycles. The maximum Gasteiger partial charge on any atom is 0.255 e. The minimum absolute atomic E-state index is 0.0964. The fourth-order valence-corrected chi connectivity index (χ4v) is 3.49. The second-order valence-electron chi connectivity index (χ2n) is 7.54. The number of fused-ring (bicyclic) bond motifs is 1. The number of hydrogen-bond donors (Lipinski definition) is 3. The summed E-state index contributed by atoms with van der Waals surface area (Å²) in [6.45, 7) is 4.31. The molecule has 0 saturated heterocycles.